The van der Waals surface area contributed by atoms with Crippen molar-refractivity contribution in [1.29, 1.82) is 0 Å². The number of sulfone groups is 1. The van der Waals surface area contributed by atoms with E-state index in [0.717, 1.165) is 11.8 Å². The molecule has 0 aromatic heterocycles. The van der Waals surface area contributed by atoms with Crippen molar-refractivity contribution in [3.63, 3.8) is 0 Å². The first-order valence-electron chi connectivity index (χ1n) is 8.03. The fraction of sp³-hybridized carbons (Fsp3) is 0.316. The van der Waals surface area contributed by atoms with Crippen LogP contribution in [0, 0.1) is 0 Å². The standard InChI is InChI=1S/C19H23NO4S/c1-15(2)20(13-16-8-5-4-6-9-16)19(21)14-24-17-10-7-11-18(12-17)25(3,22)23/h4-12,15H,13-14H2,1-3H3. The third-order valence-electron chi connectivity index (χ3n) is 3.74. The van der Waals surface area contributed by atoms with Crippen LogP contribution < -0.4 is 4.74 Å². The zero-order valence-corrected chi connectivity index (χ0v) is 15.5. The van der Waals surface area contributed by atoms with Crippen molar-refractivity contribution < 1.29 is 17.9 Å². The average Bonchev–Trinajstić information content (AvgIpc) is 2.58. The van der Waals surface area contributed by atoms with E-state index in [-0.39, 0.29) is 23.5 Å². The molecular weight excluding hydrogens is 338 g/mol. The highest BCUT2D eigenvalue weighted by molar-refractivity contribution is 7.90. The Labute approximate surface area is 149 Å². The maximum atomic E-state index is 12.5. The fourth-order valence-electron chi connectivity index (χ4n) is 2.36. The molecule has 0 saturated carbocycles. The molecule has 0 fully saturated rings. The van der Waals surface area contributed by atoms with Crippen LogP contribution in [0.15, 0.2) is 59.5 Å². The number of amides is 1. The molecule has 1 amide bonds. The minimum atomic E-state index is -3.31. The second kappa shape index (κ2) is 8.16. The maximum absolute atomic E-state index is 12.5. The first-order chi connectivity index (χ1) is 11.8. The molecule has 2 aromatic carbocycles. The van der Waals surface area contributed by atoms with Gasteiger partial charge in [-0.05, 0) is 37.6 Å². The van der Waals surface area contributed by atoms with E-state index >= 15 is 0 Å². The Morgan fingerprint density at radius 3 is 2.36 bits per heavy atom. The number of benzene rings is 2. The van der Waals surface area contributed by atoms with Crippen molar-refractivity contribution in [2.75, 3.05) is 12.9 Å². The van der Waals surface area contributed by atoms with Gasteiger partial charge in [-0.3, -0.25) is 4.79 Å². The molecule has 0 aliphatic rings. The zero-order valence-electron chi connectivity index (χ0n) is 14.7. The minimum Gasteiger partial charge on any atom is -0.484 e. The van der Waals surface area contributed by atoms with Crippen LogP contribution in [0.5, 0.6) is 5.75 Å². The summed E-state index contributed by atoms with van der Waals surface area (Å²) < 4.78 is 28.7. The normalized spacial score (nSPS) is 11.4. The van der Waals surface area contributed by atoms with Gasteiger partial charge in [0.2, 0.25) is 0 Å². The third-order valence-corrected chi connectivity index (χ3v) is 4.85. The Morgan fingerprint density at radius 1 is 1.08 bits per heavy atom. The number of rotatable bonds is 7. The van der Waals surface area contributed by atoms with Crippen molar-refractivity contribution in [3.8, 4) is 5.75 Å². The van der Waals surface area contributed by atoms with Crippen LogP contribution in [0.2, 0.25) is 0 Å². The molecule has 2 aromatic rings. The van der Waals surface area contributed by atoms with Gasteiger partial charge in [0.1, 0.15) is 5.75 Å². The van der Waals surface area contributed by atoms with Gasteiger partial charge in [-0.1, -0.05) is 36.4 Å². The lowest BCUT2D eigenvalue weighted by Gasteiger charge is -2.27. The molecule has 0 bridgehead atoms. The summed E-state index contributed by atoms with van der Waals surface area (Å²) in [5.41, 5.74) is 1.05. The molecule has 5 nitrogen and oxygen atoms in total. The minimum absolute atomic E-state index is 0.0265. The fourth-order valence-corrected chi connectivity index (χ4v) is 3.02. The lowest BCUT2D eigenvalue weighted by molar-refractivity contribution is -0.135. The van der Waals surface area contributed by atoms with Crippen LogP contribution in [0.3, 0.4) is 0 Å². The van der Waals surface area contributed by atoms with E-state index in [1.54, 1.807) is 17.0 Å². The van der Waals surface area contributed by atoms with Crippen molar-refractivity contribution in [3.05, 3.63) is 60.2 Å². The van der Waals surface area contributed by atoms with Crippen LogP contribution in [0.1, 0.15) is 19.4 Å². The number of hydrogen-bond donors (Lipinski definition) is 0. The summed E-state index contributed by atoms with van der Waals surface area (Å²) in [6.45, 7) is 4.26. The van der Waals surface area contributed by atoms with Gasteiger partial charge in [0.25, 0.3) is 5.91 Å². The Kier molecular flexibility index (Phi) is 6.20. The molecule has 25 heavy (non-hydrogen) atoms. The Bertz CT molecular complexity index is 816. The van der Waals surface area contributed by atoms with Gasteiger partial charge < -0.3 is 9.64 Å². The molecule has 0 saturated heterocycles. The smallest absolute Gasteiger partial charge is 0.261 e. The maximum Gasteiger partial charge on any atom is 0.261 e. The highest BCUT2D eigenvalue weighted by Gasteiger charge is 2.18. The average molecular weight is 361 g/mol. The molecule has 0 spiro atoms. The van der Waals surface area contributed by atoms with Crippen molar-refractivity contribution in [1.82, 2.24) is 4.90 Å². The Hall–Kier alpha value is -2.34. The summed E-state index contributed by atoms with van der Waals surface area (Å²) in [4.78, 5) is 14.4. The molecule has 0 heterocycles. The largest absolute Gasteiger partial charge is 0.484 e. The molecule has 0 radical (unpaired) electrons. The molecule has 2 rings (SSSR count). The van der Waals surface area contributed by atoms with Crippen molar-refractivity contribution in [2.24, 2.45) is 0 Å². The van der Waals surface area contributed by atoms with E-state index in [1.807, 2.05) is 44.2 Å². The number of hydrogen-bond acceptors (Lipinski definition) is 4. The molecule has 0 aliphatic carbocycles. The Morgan fingerprint density at radius 2 is 1.76 bits per heavy atom. The number of carbonyl (C=O) groups is 1. The second-order valence-electron chi connectivity index (χ2n) is 6.14. The highest BCUT2D eigenvalue weighted by Crippen LogP contribution is 2.18. The summed E-state index contributed by atoms with van der Waals surface area (Å²) in [6.07, 6.45) is 1.14. The molecular formula is C19H23NO4S. The molecule has 0 atom stereocenters. The van der Waals surface area contributed by atoms with Crippen molar-refractivity contribution >= 4 is 15.7 Å². The Balaban J connectivity index is 2.04. The number of ether oxygens (including phenoxy) is 1. The quantitative estimate of drug-likeness (QED) is 0.761. The summed E-state index contributed by atoms with van der Waals surface area (Å²) in [5, 5.41) is 0. The van der Waals surface area contributed by atoms with E-state index < -0.39 is 9.84 Å². The van der Waals surface area contributed by atoms with E-state index in [4.69, 9.17) is 4.74 Å². The van der Waals surface area contributed by atoms with Gasteiger partial charge >= 0.3 is 0 Å². The lowest BCUT2D eigenvalue weighted by atomic mass is 10.2. The second-order valence-corrected chi connectivity index (χ2v) is 8.15. The zero-order chi connectivity index (χ0) is 18.4. The van der Waals surface area contributed by atoms with Crippen LogP contribution in [-0.4, -0.2) is 38.1 Å². The van der Waals surface area contributed by atoms with Gasteiger partial charge in [-0.15, -0.1) is 0 Å². The van der Waals surface area contributed by atoms with Gasteiger partial charge in [-0.2, -0.15) is 0 Å². The van der Waals surface area contributed by atoms with Crippen LogP contribution in [-0.2, 0) is 21.2 Å². The molecule has 134 valence electrons. The molecule has 0 unspecified atom stereocenters. The summed E-state index contributed by atoms with van der Waals surface area (Å²) >= 11 is 0. The predicted molar refractivity (Wildman–Crippen MR) is 97.2 cm³/mol. The third kappa shape index (κ3) is 5.60. The van der Waals surface area contributed by atoms with Crippen LogP contribution in [0.4, 0.5) is 0 Å². The van der Waals surface area contributed by atoms with Crippen molar-refractivity contribution in [2.45, 2.75) is 31.3 Å². The van der Waals surface area contributed by atoms with Gasteiger partial charge in [0, 0.05) is 18.8 Å². The molecule has 0 N–H and O–H groups in total. The van der Waals surface area contributed by atoms with Gasteiger partial charge in [-0.25, -0.2) is 8.42 Å². The number of nitrogens with zero attached hydrogens (tertiary/aromatic N) is 1. The first-order valence-corrected chi connectivity index (χ1v) is 9.93. The topological polar surface area (TPSA) is 63.7 Å². The number of carbonyl (C=O) groups excluding carboxylic acids is 1. The molecule has 6 heteroatoms. The summed E-state index contributed by atoms with van der Waals surface area (Å²) in [5.74, 6) is 0.211. The van der Waals surface area contributed by atoms with Crippen LogP contribution >= 0.6 is 0 Å². The molecule has 0 aliphatic heterocycles. The highest BCUT2D eigenvalue weighted by atomic mass is 32.2. The van der Waals surface area contributed by atoms with E-state index in [9.17, 15) is 13.2 Å². The SMILES string of the molecule is CC(C)N(Cc1ccccc1)C(=O)COc1cccc(S(C)(=O)=O)c1. The van der Waals surface area contributed by atoms with Gasteiger partial charge in [0.15, 0.2) is 16.4 Å². The van der Waals surface area contributed by atoms with Gasteiger partial charge in [0.05, 0.1) is 4.90 Å². The van der Waals surface area contributed by atoms with Crippen LogP contribution in [0.25, 0.3) is 0 Å². The summed E-state index contributed by atoms with van der Waals surface area (Å²) in [6, 6.07) is 15.9. The van der Waals surface area contributed by atoms with E-state index in [0.29, 0.717) is 12.3 Å². The lowest BCUT2D eigenvalue weighted by Crippen LogP contribution is -2.39. The van der Waals surface area contributed by atoms with E-state index in [1.165, 1.54) is 12.1 Å². The predicted octanol–water partition coefficient (Wildman–Crippen LogP) is 2.91. The van der Waals surface area contributed by atoms with E-state index in [2.05, 4.69) is 0 Å². The monoisotopic (exact) mass is 361 g/mol. The summed E-state index contributed by atoms with van der Waals surface area (Å²) in [7, 11) is -3.31. The first kappa shape index (κ1) is 19.0.